The Bertz CT molecular complexity index is 803. The van der Waals surface area contributed by atoms with Crippen molar-refractivity contribution in [1.82, 2.24) is 9.97 Å². The van der Waals surface area contributed by atoms with Crippen molar-refractivity contribution in [3.05, 3.63) is 27.3 Å². The van der Waals surface area contributed by atoms with Gasteiger partial charge in [0.1, 0.15) is 16.4 Å². The van der Waals surface area contributed by atoms with Crippen LogP contribution in [0.3, 0.4) is 0 Å². The van der Waals surface area contributed by atoms with Crippen LogP contribution in [0, 0.1) is 0 Å². The molecule has 0 spiro atoms. The largest absolute Gasteiger partial charge is 0.357 e. The first-order chi connectivity index (χ1) is 10.1. The molecule has 0 fully saturated rings. The second-order valence-electron chi connectivity index (χ2n) is 3.94. The van der Waals surface area contributed by atoms with E-state index >= 15 is 0 Å². The maximum absolute atomic E-state index is 6.23. The molecule has 1 aromatic heterocycles. The summed E-state index contributed by atoms with van der Waals surface area (Å²) in [5.74, 6) is 0.842. The lowest BCUT2D eigenvalue weighted by atomic mass is 10.2. The highest BCUT2D eigenvalue weighted by atomic mass is 35.5. The molecule has 0 saturated carbocycles. The SMILES string of the molecule is CNc1ncc(Cl)c(Nc2c(Cl)cc(Cl)c3c2N=S=N3)n1. The number of anilines is 3. The van der Waals surface area contributed by atoms with Crippen LogP contribution < -0.4 is 10.6 Å². The molecule has 6 nitrogen and oxygen atoms in total. The lowest BCUT2D eigenvalue weighted by molar-refractivity contribution is 1.15. The zero-order valence-corrected chi connectivity index (χ0v) is 13.6. The van der Waals surface area contributed by atoms with Gasteiger partial charge in [0, 0.05) is 7.05 Å². The predicted octanol–water partition coefficient (Wildman–Crippen LogP) is 4.95. The fraction of sp³-hybridized carbons (Fsp3) is 0.0909. The van der Waals surface area contributed by atoms with Crippen LogP contribution >= 0.6 is 34.8 Å². The molecule has 2 heterocycles. The summed E-state index contributed by atoms with van der Waals surface area (Å²) in [6, 6.07) is 1.60. The molecular formula is C11H7Cl3N6S. The van der Waals surface area contributed by atoms with E-state index in [9.17, 15) is 0 Å². The molecule has 2 N–H and O–H groups in total. The summed E-state index contributed by atoms with van der Waals surface area (Å²) in [6.07, 6.45) is 1.49. The summed E-state index contributed by atoms with van der Waals surface area (Å²) in [7, 11) is 1.71. The van der Waals surface area contributed by atoms with E-state index in [0.29, 0.717) is 43.9 Å². The zero-order chi connectivity index (χ0) is 15.0. The number of benzene rings is 1. The molecule has 0 aliphatic carbocycles. The molecule has 0 bridgehead atoms. The van der Waals surface area contributed by atoms with Gasteiger partial charge in [0.15, 0.2) is 5.82 Å². The molecule has 2 aromatic rings. The monoisotopic (exact) mass is 360 g/mol. The Kier molecular flexibility index (Phi) is 3.99. The standard InChI is InChI=1S/C11H7Cl3N6S/c1-15-11-16-3-6(14)10(18-11)17-7-4(12)2-5(13)8-9(7)20-21-19-8/h2-3H,1H3,(H2,15,16,17,18). The van der Waals surface area contributed by atoms with Crippen molar-refractivity contribution in [2.75, 3.05) is 17.7 Å². The Morgan fingerprint density at radius 1 is 1.05 bits per heavy atom. The third-order valence-corrected chi connectivity index (χ3v) is 4.05. The van der Waals surface area contributed by atoms with E-state index < -0.39 is 0 Å². The first kappa shape index (κ1) is 14.5. The maximum Gasteiger partial charge on any atom is 0.224 e. The van der Waals surface area contributed by atoms with Gasteiger partial charge < -0.3 is 10.6 Å². The normalized spacial score (nSPS) is 12.0. The van der Waals surface area contributed by atoms with Gasteiger partial charge in [-0.15, -0.1) is 0 Å². The van der Waals surface area contributed by atoms with Crippen LogP contribution in [0.5, 0.6) is 0 Å². The smallest absolute Gasteiger partial charge is 0.224 e. The zero-order valence-electron chi connectivity index (χ0n) is 10.5. The molecule has 0 saturated heterocycles. The summed E-state index contributed by atoms with van der Waals surface area (Å²) >= 11 is 19.5. The van der Waals surface area contributed by atoms with E-state index in [1.165, 1.54) is 6.20 Å². The van der Waals surface area contributed by atoms with Crippen molar-refractivity contribution in [1.29, 1.82) is 0 Å². The van der Waals surface area contributed by atoms with Crippen LogP contribution in [0.15, 0.2) is 21.0 Å². The average molecular weight is 362 g/mol. The van der Waals surface area contributed by atoms with Crippen LogP contribution in [0.2, 0.25) is 15.1 Å². The van der Waals surface area contributed by atoms with E-state index in [1.807, 2.05) is 0 Å². The van der Waals surface area contributed by atoms with E-state index in [0.717, 1.165) is 11.4 Å². The van der Waals surface area contributed by atoms with Gasteiger partial charge in [-0.2, -0.15) is 13.7 Å². The van der Waals surface area contributed by atoms with Crippen molar-refractivity contribution in [3.8, 4) is 0 Å². The van der Waals surface area contributed by atoms with Gasteiger partial charge in [0.05, 0.1) is 33.3 Å². The number of halogens is 3. The van der Waals surface area contributed by atoms with Gasteiger partial charge in [-0.25, -0.2) is 4.98 Å². The van der Waals surface area contributed by atoms with E-state index in [-0.39, 0.29) is 0 Å². The highest BCUT2D eigenvalue weighted by Gasteiger charge is 2.20. The van der Waals surface area contributed by atoms with Gasteiger partial charge in [-0.3, -0.25) is 0 Å². The Balaban J connectivity index is 2.08. The van der Waals surface area contributed by atoms with Crippen molar-refractivity contribution in [2.45, 2.75) is 0 Å². The third-order valence-electron chi connectivity index (χ3n) is 2.65. The first-order valence-corrected chi connectivity index (χ1v) is 7.54. The van der Waals surface area contributed by atoms with Crippen LogP contribution in [-0.2, 0) is 11.4 Å². The summed E-state index contributed by atoms with van der Waals surface area (Å²) in [5, 5.41) is 7.10. The van der Waals surface area contributed by atoms with Crippen molar-refractivity contribution < 1.29 is 0 Å². The fourth-order valence-corrected chi connectivity index (χ4v) is 2.98. The van der Waals surface area contributed by atoms with Crippen molar-refractivity contribution in [2.24, 2.45) is 8.73 Å². The topological polar surface area (TPSA) is 74.6 Å². The highest BCUT2D eigenvalue weighted by Crippen LogP contribution is 2.48. The van der Waals surface area contributed by atoms with Crippen LogP contribution in [0.4, 0.5) is 28.8 Å². The Morgan fingerprint density at radius 3 is 2.57 bits per heavy atom. The molecule has 0 amide bonds. The average Bonchev–Trinajstić information content (AvgIpc) is 2.95. The number of hydrogen-bond donors (Lipinski definition) is 2. The highest BCUT2D eigenvalue weighted by molar-refractivity contribution is 7.58. The Morgan fingerprint density at radius 2 is 1.81 bits per heavy atom. The van der Waals surface area contributed by atoms with Gasteiger partial charge in [0.25, 0.3) is 0 Å². The van der Waals surface area contributed by atoms with Crippen molar-refractivity contribution >= 4 is 75.0 Å². The van der Waals surface area contributed by atoms with Crippen molar-refractivity contribution in [3.63, 3.8) is 0 Å². The number of aromatic nitrogens is 2. The minimum atomic E-state index is 0.358. The van der Waals surface area contributed by atoms with Gasteiger partial charge >= 0.3 is 0 Å². The first-order valence-electron chi connectivity index (χ1n) is 5.67. The molecule has 1 aliphatic heterocycles. The lowest BCUT2D eigenvalue weighted by Crippen LogP contribution is -2.01. The molecule has 0 unspecified atom stereocenters. The summed E-state index contributed by atoms with van der Waals surface area (Å²) in [6.45, 7) is 0. The van der Waals surface area contributed by atoms with Crippen LogP contribution in [0.1, 0.15) is 0 Å². The molecule has 10 heteroatoms. The molecule has 1 aromatic carbocycles. The molecule has 1 aliphatic rings. The molecule has 3 rings (SSSR count). The molecule has 0 atom stereocenters. The number of nitrogens with zero attached hydrogens (tertiary/aromatic N) is 4. The van der Waals surface area contributed by atoms with E-state index in [4.69, 9.17) is 34.8 Å². The quantitative estimate of drug-likeness (QED) is 0.692. The second-order valence-corrected chi connectivity index (χ2v) is 5.69. The van der Waals surface area contributed by atoms with Gasteiger partial charge in [0.2, 0.25) is 5.95 Å². The Labute approximate surface area is 138 Å². The number of rotatable bonds is 3. The van der Waals surface area contributed by atoms with Crippen LogP contribution in [-0.4, -0.2) is 17.0 Å². The van der Waals surface area contributed by atoms with Gasteiger partial charge in [-0.05, 0) is 6.07 Å². The summed E-state index contributed by atoms with van der Waals surface area (Å²) < 4.78 is 8.35. The van der Waals surface area contributed by atoms with Gasteiger partial charge in [-0.1, -0.05) is 34.8 Å². The molecular weight excluding hydrogens is 355 g/mol. The minimum absolute atomic E-state index is 0.358. The number of fused-ring (bicyclic) bond motifs is 1. The Hall–Kier alpha value is -1.41. The molecule has 0 radical (unpaired) electrons. The molecule has 21 heavy (non-hydrogen) atoms. The minimum Gasteiger partial charge on any atom is -0.357 e. The maximum atomic E-state index is 6.23. The van der Waals surface area contributed by atoms with Crippen LogP contribution in [0.25, 0.3) is 0 Å². The fourth-order valence-electron chi connectivity index (χ4n) is 1.69. The number of nitrogens with one attached hydrogen (secondary N) is 2. The molecule has 108 valence electrons. The predicted molar refractivity (Wildman–Crippen MR) is 87.9 cm³/mol. The third kappa shape index (κ3) is 2.69. The summed E-state index contributed by atoms with van der Waals surface area (Å²) in [5.41, 5.74) is 1.69. The number of hydrogen-bond acceptors (Lipinski definition) is 6. The summed E-state index contributed by atoms with van der Waals surface area (Å²) in [4.78, 5) is 8.25. The lowest BCUT2D eigenvalue weighted by Gasteiger charge is -2.13. The van der Waals surface area contributed by atoms with E-state index in [1.54, 1.807) is 13.1 Å². The van der Waals surface area contributed by atoms with E-state index in [2.05, 4.69) is 29.3 Å². The second kappa shape index (κ2) is 5.76.